The molecule has 1 unspecified atom stereocenters. The van der Waals surface area contributed by atoms with Crippen molar-refractivity contribution in [2.45, 2.75) is 38.5 Å². The van der Waals surface area contributed by atoms with E-state index in [1.54, 1.807) is 11.3 Å². The van der Waals surface area contributed by atoms with Crippen LogP contribution in [0.1, 0.15) is 24.6 Å². The highest BCUT2D eigenvalue weighted by Crippen LogP contribution is 2.25. The Morgan fingerprint density at radius 2 is 2.40 bits per heavy atom. The lowest BCUT2D eigenvalue weighted by Crippen LogP contribution is -2.37. The summed E-state index contributed by atoms with van der Waals surface area (Å²) in [6.07, 6.45) is 2.28. The van der Waals surface area contributed by atoms with Crippen molar-refractivity contribution in [1.82, 2.24) is 10.2 Å². The molecule has 4 nitrogen and oxygen atoms in total. The minimum atomic E-state index is -0.425. The Morgan fingerprint density at radius 3 is 3.05 bits per heavy atom. The van der Waals surface area contributed by atoms with Crippen LogP contribution in [0.4, 0.5) is 0 Å². The summed E-state index contributed by atoms with van der Waals surface area (Å²) in [6, 6.07) is 4.88. The maximum Gasteiger partial charge on any atom is 0.0897 e. The molecule has 0 bridgehead atoms. The molecule has 1 heterocycles. The number of nitrogens with one attached hydrogen (secondary N) is 1. The van der Waals surface area contributed by atoms with Crippen LogP contribution < -0.4 is 5.32 Å². The number of hydrogen-bond acceptors (Lipinski definition) is 5. The molecule has 1 fully saturated rings. The van der Waals surface area contributed by atoms with Crippen molar-refractivity contribution in [2.75, 3.05) is 32.8 Å². The highest BCUT2D eigenvalue weighted by molar-refractivity contribution is 7.09. The third-order valence-corrected chi connectivity index (χ3v) is 4.41. The van der Waals surface area contributed by atoms with E-state index < -0.39 is 6.10 Å². The monoisotopic (exact) mass is 298 g/mol. The van der Waals surface area contributed by atoms with E-state index in [2.05, 4.69) is 17.1 Å². The summed E-state index contributed by atoms with van der Waals surface area (Å²) in [5.41, 5.74) is 0. The minimum absolute atomic E-state index is 0.394. The van der Waals surface area contributed by atoms with Crippen molar-refractivity contribution >= 4 is 11.3 Å². The van der Waals surface area contributed by atoms with Crippen molar-refractivity contribution in [3.05, 3.63) is 22.4 Å². The van der Waals surface area contributed by atoms with E-state index in [1.165, 1.54) is 17.7 Å². The molecule has 0 amide bonds. The number of likely N-dealkylation sites (N-methyl/N-ethyl adjacent to an activating group) is 1. The molecule has 2 N–H and O–H groups in total. The van der Waals surface area contributed by atoms with Crippen LogP contribution in [0.25, 0.3) is 0 Å². The average Bonchev–Trinajstić information content (AvgIpc) is 3.15. The van der Waals surface area contributed by atoms with Gasteiger partial charge in [0, 0.05) is 30.6 Å². The van der Waals surface area contributed by atoms with E-state index >= 15 is 0 Å². The molecule has 1 aliphatic carbocycles. The first-order valence-corrected chi connectivity index (χ1v) is 8.40. The van der Waals surface area contributed by atoms with Crippen molar-refractivity contribution in [3.8, 4) is 0 Å². The number of nitrogens with zero attached hydrogens (tertiary/aromatic N) is 1. The first kappa shape index (κ1) is 15.9. The molecule has 0 aliphatic heterocycles. The molecule has 114 valence electrons. The van der Waals surface area contributed by atoms with Crippen LogP contribution in [-0.4, -0.2) is 54.9 Å². The summed E-state index contributed by atoms with van der Waals surface area (Å²) in [5, 5.41) is 15.2. The molecule has 20 heavy (non-hydrogen) atoms. The van der Waals surface area contributed by atoms with Gasteiger partial charge in [0.05, 0.1) is 19.3 Å². The second-order valence-corrected chi connectivity index (χ2v) is 6.34. The second kappa shape index (κ2) is 8.74. The molecule has 0 spiro atoms. The fourth-order valence-corrected chi connectivity index (χ4v) is 2.92. The Kier molecular flexibility index (Phi) is 6.96. The highest BCUT2D eigenvalue weighted by atomic mass is 32.1. The molecular weight excluding hydrogens is 272 g/mol. The smallest absolute Gasteiger partial charge is 0.0897 e. The topological polar surface area (TPSA) is 44.7 Å². The largest absolute Gasteiger partial charge is 0.389 e. The zero-order valence-electron chi connectivity index (χ0n) is 12.3. The fourth-order valence-electron chi connectivity index (χ4n) is 2.28. The molecular formula is C15H26N2O2S. The summed E-state index contributed by atoms with van der Waals surface area (Å²) < 4.78 is 5.50. The Morgan fingerprint density at radius 1 is 1.55 bits per heavy atom. The van der Waals surface area contributed by atoms with Crippen LogP contribution in [0.2, 0.25) is 0 Å². The predicted octanol–water partition coefficient (Wildman–Crippen LogP) is 1.70. The van der Waals surface area contributed by atoms with Crippen LogP contribution in [0.3, 0.4) is 0 Å². The van der Waals surface area contributed by atoms with E-state index in [-0.39, 0.29) is 0 Å². The third-order valence-electron chi connectivity index (χ3n) is 3.56. The molecule has 1 aliphatic rings. The number of aliphatic hydroxyl groups is 1. The van der Waals surface area contributed by atoms with Gasteiger partial charge >= 0.3 is 0 Å². The quantitative estimate of drug-likeness (QED) is 0.610. The van der Waals surface area contributed by atoms with E-state index in [9.17, 15) is 5.11 Å². The van der Waals surface area contributed by atoms with Crippen LogP contribution in [-0.2, 0) is 11.3 Å². The van der Waals surface area contributed by atoms with E-state index in [0.717, 1.165) is 25.7 Å². The molecule has 0 aromatic carbocycles. The Labute approximate surface area is 125 Å². The van der Waals surface area contributed by atoms with Gasteiger partial charge in [-0.2, -0.15) is 0 Å². The van der Waals surface area contributed by atoms with Gasteiger partial charge in [-0.1, -0.05) is 13.0 Å². The third kappa shape index (κ3) is 5.89. The molecule has 0 radical (unpaired) electrons. The molecule has 0 saturated heterocycles. The van der Waals surface area contributed by atoms with E-state index in [0.29, 0.717) is 19.8 Å². The number of thiophene rings is 1. The van der Waals surface area contributed by atoms with Crippen molar-refractivity contribution < 1.29 is 9.84 Å². The van der Waals surface area contributed by atoms with Gasteiger partial charge in [0.2, 0.25) is 0 Å². The van der Waals surface area contributed by atoms with Gasteiger partial charge in [-0.15, -0.1) is 11.3 Å². The standard InChI is InChI=1S/C15H26N2O2S/c1-2-17(13-5-6-13)8-7-16-10-14(18)11-19-12-15-4-3-9-20-15/h3-4,9,13-14,16,18H,2,5-8,10-12H2,1H3. The van der Waals surface area contributed by atoms with Crippen LogP contribution >= 0.6 is 11.3 Å². The Hall–Kier alpha value is -0.460. The van der Waals surface area contributed by atoms with E-state index in [1.807, 2.05) is 17.5 Å². The highest BCUT2D eigenvalue weighted by Gasteiger charge is 2.26. The summed E-state index contributed by atoms with van der Waals surface area (Å²) in [6.45, 7) is 6.94. The normalized spacial score (nSPS) is 16.8. The SMILES string of the molecule is CCN(CCNCC(O)COCc1cccs1)C1CC1. The predicted molar refractivity (Wildman–Crippen MR) is 83.1 cm³/mol. The van der Waals surface area contributed by atoms with Crippen molar-refractivity contribution in [2.24, 2.45) is 0 Å². The molecule has 5 heteroatoms. The summed E-state index contributed by atoms with van der Waals surface area (Å²) in [4.78, 5) is 3.71. The Bertz CT molecular complexity index is 355. The van der Waals surface area contributed by atoms with Crippen LogP contribution in [0.5, 0.6) is 0 Å². The average molecular weight is 298 g/mol. The lowest BCUT2D eigenvalue weighted by molar-refractivity contribution is 0.0297. The van der Waals surface area contributed by atoms with Crippen molar-refractivity contribution in [3.63, 3.8) is 0 Å². The summed E-state index contributed by atoms with van der Waals surface area (Å²) >= 11 is 1.68. The second-order valence-electron chi connectivity index (χ2n) is 5.31. The van der Waals surface area contributed by atoms with Gasteiger partial charge in [-0.25, -0.2) is 0 Å². The van der Waals surface area contributed by atoms with Crippen LogP contribution in [0, 0.1) is 0 Å². The van der Waals surface area contributed by atoms with E-state index in [4.69, 9.17) is 4.74 Å². The maximum absolute atomic E-state index is 9.82. The number of ether oxygens (including phenoxy) is 1. The van der Waals surface area contributed by atoms with Gasteiger partial charge in [-0.05, 0) is 30.8 Å². The molecule has 1 saturated carbocycles. The minimum Gasteiger partial charge on any atom is -0.389 e. The van der Waals surface area contributed by atoms with Crippen LogP contribution in [0.15, 0.2) is 17.5 Å². The molecule has 1 aromatic heterocycles. The zero-order valence-corrected chi connectivity index (χ0v) is 13.1. The van der Waals surface area contributed by atoms with Gasteiger partial charge < -0.3 is 15.2 Å². The number of hydrogen-bond donors (Lipinski definition) is 2. The first-order valence-electron chi connectivity index (χ1n) is 7.52. The lowest BCUT2D eigenvalue weighted by atomic mass is 10.3. The maximum atomic E-state index is 9.82. The van der Waals surface area contributed by atoms with Gasteiger partial charge in [-0.3, -0.25) is 4.90 Å². The molecule has 2 rings (SSSR count). The van der Waals surface area contributed by atoms with Gasteiger partial charge in [0.25, 0.3) is 0 Å². The number of rotatable bonds is 11. The van der Waals surface area contributed by atoms with Gasteiger partial charge in [0.1, 0.15) is 0 Å². The molecule has 1 atom stereocenters. The molecule has 1 aromatic rings. The summed E-state index contributed by atoms with van der Waals surface area (Å²) in [5.74, 6) is 0. The fraction of sp³-hybridized carbons (Fsp3) is 0.733. The van der Waals surface area contributed by atoms with Gasteiger partial charge in [0.15, 0.2) is 0 Å². The summed E-state index contributed by atoms with van der Waals surface area (Å²) in [7, 11) is 0. The lowest BCUT2D eigenvalue weighted by Gasteiger charge is -2.20. The van der Waals surface area contributed by atoms with Crippen molar-refractivity contribution in [1.29, 1.82) is 0 Å². The zero-order chi connectivity index (χ0) is 14.2. The first-order chi connectivity index (χ1) is 9.79. The number of aliphatic hydroxyl groups excluding tert-OH is 1. The Balaban J connectivity index is 1.46.